The number of aryl methyl sites for hydroxylation is 1. The lowest BCUT2D eigenvalue weighted by molar-refractivity contribution is -0.137. The minimum atomic E-state index is -4.87. The highest BCUT2D eigenvalue weighted by atomic mass is 35.5. The third kappa shape index (κ3) is 9.22. The molecule has 0 aliphatic rings. The Morgan fingerprint density at radius 1 is 0.935 bits per heavy atom. The summed E-state index contributed by atoms with van der Waals surface area (Å²) < 4.78 is 73.7. The molecule has 0 spiro atoms. The summed E-state index contributed by atoms with van der Waals surface area (Å²) in [5.74, 6) is -0.955. The molecule has 9 nitrogen and oxygen atoms in total. The van der Waals surface area contributed by atoms with Gasteiger partial charge < -0.3 is 10.1 Å². The molecule has 46 heavy (non-hydrogen) atoms. The number of ether oxygens (including phenoxy) is 1. The Hall–Kier alpha value is -4.59. The minimum Gasteiger partial charge on any atom is -0.484 e. The fourth-order valence-corrected chi connectivity index (χ4v) is 5.77. The van der Waals surface area contributed by atoms with E-state index in [9.17, 15) is 31.2 Å². The number of alkyl halides is 3. The third-order valence-corrected chi connectivity index (χ3v) is 8.55. The molecule has 0 aliphatic carbocycles. The molecule has 0 atom stereocenters. The van der Waals surface area contributed by atoms with Gasteiger partial charge in [-0.05, 0) is 85.3 Å². The first-order valence-electron chi connectivity index (χ1n) is 13.3. The molecule has 4 aromatic rings. The van der Waals surface area contributed by atoms with Crippen LogP contribution in [0.2, 0.25) is 10.0 Å². The van der Waals surface area contributed by atoms with Gasteiger partial charge in [0.05, 0.1) is 27.4 Å². The van der Waals surface area contributed by atoms with E-state index in [4.69, 9.17) is 27.9 Å². The topological polar surface area (TPSA) is 117 Å². The van der Waals surface area contributed by atoms with Crippen LogP contribution in [-0.2, 0) is 25.8 Å². The van der Waals surface area contributed by atoms with Crippen molar-refractivity contribution in [3.63, 3.8) is 0 Å². The highest BCUT2D eigenvalue weighted by Gasteiger charge is 2.35. The number of amides is 2. The molecule has 0 unspecified atom stereocenters. The maximum atomic E-state index is 13.6. The molecule has 0 aliphatic heterocycles. The van der Waals surface area contributed by atoms with Crippen LogP contribution in [0.25, 0.3) is 0 Å². The fourth-order valence-electron chi connectivity index (χ4n) is 3.95. The second-order valence-electron chi connectivity index (χ2n) is 9.70. The van der Waals surface area contributed by atoms with E-state index in [2.05, 4.69) is 15.8 Å². The molecule has 0 fully saturated rings. The van der Waals surface area contributed by atoms with Crippen LogP contribution in [0.4, 0.5) is 24.5 Å². The van der Waals surface area contributed by atoms with E-state index in [1.165, 1.54) is 30.5 Å². The van der Waals surface area contributed by atoms with E-state index >= 15 is 0 Å². The number of rotatable bonds is 11. The highest BCUT2D eigenvalue weighted by Crippen LogP contribution is 2.38. The number of nitrogens with one attached hydrogen (secondary N) is 2. The first kappa shape index (κ1) is 34.3. The number of halogens is 5. The van der Waals surface area contributed by atoms with E-state index in [-0.39, 0.29) is 11.5 Å². The molecule has 15 heteroatoms. The Labute approximate surface area is 272 Å². The number of anilines is 2. The number of carbonyl (C=O) groups is 2. The van der Waals surface area contributed by atoms with E-state index < -0.39 is 50.8 Å². The molecule has 0 saturated carbocycles. The lowest BCUT2D eigenvalue weighted by Gasteiger charge is -2.25. The second-order valence-corrected chi connectivity index (χ2v) is 12.4. The van der Waals surface area contributed by atoms with Crippen molar-refractivity contribution < 1.29 is 35.9 Å². The Kier molecular flexibility index (Phi) is 10.9. The first-order valence-corrected chi connectivity index (χ1v) is 15.5. The van der Waals surface area contributed by atoms with Crippen LogP contribution in [0.3, 0.4) is 0 Å². The van der Waals surface area contributed by atoms with Crippen LogP contribution in [-0.4, -0.2) is 39.6 Å². The fraction of sp³-hybridized carbons (Fsp3) is 0.129. The first-order chi connectivity index (χ1) is 21.7. The zero-order valence-electron chi connectivity index (χ0n) is 23.9. The van der Waals surface area contributed by atoms with Gasteiger partial charge in [0.1, 0.15) is 12.3 Å². The molecule has 240 valence electrons. The van der Waals surface area contributed by atoms with Gasteiger partial charge in [-0.15, -0.1) is 0 Å². The average molecular weight is 694 g/mol. The van der Waals surface area contributed by atoms with Crippen molar-refractivity contribution in [3.05, 3.63) is 118 Å². The lowest BCUT2D eigenvalue weighted by Crippen LogP contribution is -2.39. The molecule has 0 aromatic heterocycles. The Morgan fingerprint density at radius 2 is 1.63 bits per heavy atom. The molecule has 0 bridgehead atoms. The van der Waals surface area contributed by atoms with Gasteiger partial charge in [0, 0.05) is 10.7 Å². The highest BCUT2D eigenvalue weighted by molar-refractivity contribution is 7.92. The van der Waals surface area contributed by atoms with Crippen molar-refractivity contribution in [1.29, 1.82) is 0 Å². The van der Waals surface area contributed by atoms with Gasteiger partial charge in [-0.1, -0.05) is 47.0 Å². The van der Waals surface area contributed by atoms with Crippen LogP contribution >= 0.6 is 23.2 Å². The van der Waals surface area contributed by atoms with E-state index in [0.29, 0.717) is 32.4 Å². The summed E-state index contributed by atoms with van der Waals surface area (Å²) >= 11 is 11.6. The Bertz CT molecular complexity index is 1850. The largest absolute Gasteiger partial charge is 0.484 e. The molecule has 0 heterocycles. The summed E-state index contributed by atoms with van der Waals surface area (Å²) in [5.41, 5.74) is 2.28. The monoisotopic (exact) mass is 692 g/mol. The quantitative estimate of drug-likeness (QED) is 0.134. The van der Waals surface area contributed by atoms with Gasteiger partial charge in [0.2, 0.25) is 0 Å². The summed E-state index contributed by atoms with van der Waals surface area (Å²) in [5, 5.41) is 6.31. The maximum absolute atomic E-state index is 13.6. The van der Waals surface area contributed by atoms with E-state index in [1.807, 2.05) is 0 Å². The molecular formula is C31H25Cl2F3N4O5S. The summed E-state index contributed by atoms with van der Waals surface area (Å²) in [6.07, 6.45) is -3.61. The van der Waals surface area contributed by atoms with Gasteiger partial charge in [-0.25, -0.2) is 13.8 Å². The zero-order valence-corrected chi connectivity index (χ0v) is 26.2. The number of hydrogen-bond donors (Lipinski definition) is 2. The Morgan fingerprint density at radius 3 is 2.28 bits per heavy atom. The van der Waals surface area contributed by atoms with Crippen molar-refractivity contribution in [1.82, 2.24) is 5.43 Å². The summed E-state index contributed by atoms with van der Waals surface area (Å²) in [4.78, 5) is 24.7. The van der Waals surface area contributed by atoms with Crippen LogP contribution in [0.1, 0.15) is 16.7 Å². The van der Waals surface area contributed by atoms with Crippen LogP contribution in [0.15, 0.2) is 101 Å². The second kappa shape index (κ2) is 14.7. The Balaban J connectivity index is 1.42. The van der Waals surface area contributed by atoms with Crippen molar-refractivity contribution in [3.8, 4) is 5.75 Å². The number of carbonyl (C=O) groups excluding carboxylic acids is 2. The van der Waals surface area contributed by atoms with Crippen LogP contribution < -0.4 is 19.8 Å². The number of sulfonamides is 1. The molecule has 4 aromatic carbocycles. The zero-order chi connectivity index (χ0) is 33.5. The third-order valence-electron chi connectivity index (χ3n) is 6.20. The van der Waals surface area contributed by atoms with E-state index in [1.54, 1.807) is 55.5 Å². The SMILES string of the molecule is Cc1ccc(S(=O)(=O)N(CC(=O)N/N=C\c2ccc(OCC(=O)Nc3cccc(Cl)c3)cc2)c2ccc(Cl)c(C(F)(F)F)c2)cc1. The molecular weight excluding hydrogens is 668 g/mol. The van der Waals surface area contributed by atoms with Gasteiger partial charge in [0.25, 0.3) is 21.8 Å². The number of benzene rings is 4. The van der Waals surface area contributed by atoms with Crippen molar-refractivity contribution >= 4 is 62.6 Å². The summed E-state index contributed by atoms with van der Waals surface area (Å²) in [6, 6.07) is 21.1. The number of nitrogens with zero attached hydrogens (tertiary/aromatic N) is 2. The van der Waals surface area contributed by atoms with E-state index in [0.717, 1.165) is 17.7 Å². The standard InChI is InChI=1S/C31H25Cl2F3N4O5S/c1-20-5-12-26(13-6-20)46(43,44)40(24-9-14-28(33)27(16-24)31(34,35)36)18-29(41)39-37-17-21-7-10-25(11-8-21)45-19-30(42)38-23-4-2-3-22(32)15-23/h2-17H,18-19H2,1H3,(H,38,42)(H,39,41)/b37-17-. The molecule has 2 amide bonds. The van der Waals surface area contributed by atoms with Gasteiger partial charge in [-0.3, -0.25) is 13.9 Å². The maximum Gasteiger partial charge on any atom is 0.417 e. The van der Waals surface area contributed by atoms with Gasteiger partial charge >= 0.3 is 6.18 Å². The van der Waals surface area contributed by atoms with Crippen molar-refractivity contribution in [2.45, 2.75) is 18.0 Å². The van der Waals surface area contributed by atoms with Gasteiger partial charge in [0.15, 0.2) is 6.61 Å². The van der Waals surface area contributed by atoms with Crippen molar-refractivity contribution in [2.75, 3.05) is 22.8 Å². The van der Waals surface area contributed by atoms with Gasteiger partial charge in [-0.2, -0.15) is 18.3 Å². The lowest BCUT2D eigenvalue weighted by atomic mass is 10.2. The summed E-state index contributed by atoms with van der Waals surface area (Å²) in [6.45, 7) is 0.574. The molecule has 4 rings (SSSR count). The summed E-state index contributed by atoms with van der Waals surface area (Å²) in [7, 11) is -4.49. The molecule has 0 radical (unpaired) electrons. The predicted octanol–water partition coefficient (Wildman–Crippen LogP) is 6.68. The number of hydrazone groups is 1. The molecule has 2 N–H and O–H groups in total. The van der Waals surface area contributed by atoms with Crippen LogP contribution in [0.5, 0.6) is 5.75 Å². The van der Waals surface area contributed by atoms with Crippen molar-refractivity contribution in [2.24, 2.45) is 5.10 Å². The number of hydrogen-bond acceptors (Lipinski definition) is 6. The van der Waals surface area contributed by atoms with Crippen LogP contribution in [0, 0.1) is 6.92 Å². The average Bonchev–Trinajstić information content (AvgIpc) is 2.99. The minimum absolute atomic E-state index is 0.234. The predicted molar refractivity (Wildman–Crippen MR) is 170 cm³/mol. The molecule has 0 saturated heterocycles. The smallest absolute Gasteiger partial charge is 0.417 e. The normalized spacial score (nSPS) is 11.7.